The summed E-state index contributed by atoms with van der Waals surface area (Å²) in [6, 6.07) is 3.65. The van der Waals surface area contributed by atoms with E-state index < -0.39 is 5.41 Å². The number of carbonyl (C=O) groups excluding carboxylic acids is 1. The number of fused-ring (bicyclic) bond motifs is 1. The van der Waals surface area contributed by atoms with Crippen molar-refractivity contribution < 1.29 is 9.53 Å². The van der Waals surface area contributed by atoms with E-state index in [0.717, 1.165) is 6.42 Å². The zero-order valence-corrected chi connectivity index (χ0v) is 12.1. The molecule has 0 radical (unpaired) electrons. The van der Waals surface area contributed by atoms with Gasteiger partial charge in [0, 0.05) is 12.7 Å². The normalized spacial score (nSPS) is 17.0. The number of carbonyl (C=O) groups is 1. The lowest BCUT2D eigenvalue weighted by Gasteiger charge is -2.27. The molecule has 0 saturated heterocycles. The molecule has 1 aromatic heterocycles. The Morgan fingerprint density at radius 3 is 2.95 bits per heavy atom. The average molecular weight is 286 g/mol. The third-order valence-electron chi connectivity index (χ3n) is 3.01. The molecule has 1 aromatic rings. The third kappa shape index (κ3) is 3.16. The summed E-state index contributed by atoms with van der Waals surface area (Å²) < 4.78 is 5.69. The number of pyridine rings is 1. The molecule has 106 valence electrons. The quantitative estimate of drug-likeness (QED) is 0.916. The van der Waals surface area contributed by atoms with Crippen molar-refractivity contribution in [3.63, 3.8) is 0 Å². The van der Waals surface area contributed by atoms with Crippen LogP contribution in [0.25, 0.3) is 0 Å². The molecule has 2 heterocycles. The number of rotatable bonds is 3. The predicted octanol–water partition coefficient (Wildman–Crippen LogP) is 1.60. The highest BCUT2D eigenvalue weighted by Crippen LogP contribution is 2.34. The number of nitrogens with two attached hydrogens (primary N) is 1. The monoisotopic (exact) mass is 285 g/mol. The van der Waals surface area contributed by atoms with Crippen LogP contribution in [-0.2, 0) is 4.79 Å². The molecule has 0 aromatic carbocycles. The van der Waals surface area contributed by atoms with Crippen LogP contribution < -0.4 is 15.4 Å². The summed E-state index contributed by atoms with van der Waals surface area (Å²) in [5, 5.41) is 0. The van der Waals surface area contributed by atoms with Crippen LogP contribution in [0.2, 0.25) is 0 Å². The second-order valence-electron chi connectivity index (χ2n) is 5.10. The highest BCUT2D eigenvalue weighted by atomic mass is 35.5. The van der Waals surface area contributed by atoms with Gasteiger partial charge in [0.25, 0.3) is 0 Å². The molecule has 1 aliphatic heterocycles. The summed E-state index contributed by atoms with van der Waals surface area (Å²) in [5.74, 6) is 1.29. The minimum Gasteiger partial charge on any atom is -0.489 e. The minimum atomic E-state index is -0.546. The lowest BCUT2D eigenvalue weighted by atomic mass is 9.93. The molecule has 0 fully saturated rings. The summed E-state index contributed by atoms with van der Waals surface area (Å²) in [7, 11) is 0. The summed E-state index contributed by atoms with van der Waals surface area (Å²) in [4.78, 5) is 18.5. The van der Waals surface area contributed by atoms with Gasteiger partial charge >= 0.3 is 0 Å². The molecule has 6 heteroatoms. The lowest BCUT2D eigenvalue weighted by Crippen LogP contribution is -2.43. The van der Waals surface area contributed by atoms with Crippen LogP contribution in [0.15, 0.2) is 18.3 Å². The molecule has 0 unspecified atom stereocenters. The van der Waals surface area contributed by atoms with Gasteiger partial charge in [0.15, 0.2) is 11.6 Å². The Balaban J connectivity index is 0.00000180. The van der Waals surface area contributed by atoms with Gasteiger partial charge < -0.3 is 10.5 Å². The van der Waals surface area contributed by atoms with Crippen LogP contribution in [-0.4, -0.2) is 30.6 Å². The molecule has 19 heavy (non-hydrogen) atoms. The van der Waals surface area contributed by atoms with Crippen molar-refractivity contribution in [3.8, 4) is 5.75 Å². The Kier molecular flexibility index (Phi) is 5.14. The van der Waals surface area contributed by atoms with E-state index in [2.05, 4.69) is 4.98 Å². The van der Waals surface area contributed by atoms with Gasteiger partial charge in [0.2, 0.25) is 5.91 Å². The standard InChI is InChI=1S/C13H19N3O2.ClH/c1-13(2)9-18-10-5-3-7-15-11(10)16(12(13)17)8-4-6-14;/h3,5,7H,4,6,8-9,14H2,1-2H3;1H. The van der Waals surface area contributed by atoms with E-state index in [4.69, 9.17) is 10.5 Å². The van der Waals surface area contributed by atoms with Gasteiger partial charge in [-0.15, -0.1) is 12.4 Å². The highest BCUT2D eigenvalue weighted by Gasteiger charge is 2.37. The van der Waals surface area contributed by atoms with Gasteiger partial charge in [-0.2, -0.15) is 0 Å². The average Bonchev–Trinajstić information content (AvgIpc) is 2.46. The van der Waals surface area contributed by atoms with Gasteiger partial charge in [-0.1, -0.05) is 0 Å². The fraction of sp³-hybridized carbons (Fsp3) is 0.538. The third-order valence-corrected chi connectivity index (χ3v) is 3.01. The summed E-state index contributed by atoms with van der Waals surface area (Å²) in [6.07, 6.45) is 2.42. The number of nitrogens with zero attached hydrogens (tertiary/aromatic N) is 2. The molecule has 0 atom stereocenters. The first-order valence-electron chi connectivity index (χ1n) is 6.16. The van der Waals surface area contributed by atoms with Crippen molar-refractivity contribution in [3.05, 3.63) is 18.3 Å². The molecule has 5 nitrogen and oxygen atoms in total. The van der Waals surface area contributed by atoms with Gasteiger partial charge in [-0.25, -0.2) is 4.98 Å². The van der Waals surface area contributed by atoms with Crippen LogP contribution in [0.4, 0.5) is 5.82 Å². The van der Waals surface area contributed by atoms with Gasteiger partial charge in [0.1, 0.15) is 6.61 Å². The zero-order valence-electron chi connectivity index (χ0n) is 11.3. The Hall–Kier alpha value is -1.33. The molecular weight excluding hydrogens is 266 g/mol. The molecule has 2 rings (SSSR count). The number of halogens is 1. The number of ether oxygens (including phenoxy) is 1. The van der Waals surface area contributed by atoms with E-state index in [0.29, 0.717) is 31.3 Å². The van der Waals surface area contributed by atoms with E-state index in [-0.39, 0.29) is 18.3 Å². The Bertz CT molecular complexity index is 451. The molecule has 0 spiro atoms. The van der Waals surface area contributed by atoms with Crippen LogP contribution >= 0.6 is 12.4 Å². The van der Waals surface area contributed by atoms with E-state index in [1.54, 1.807) is 11.1 Å². The number of hydrogen-bond donors (Lipinski definition) is 1. The van der Waals surface area contributed by atoms with Gasteiger partial charge in [-0.3, -0.25) is 9.69 Å². The fourth-order valence-electron chi connectivity index (χ4n) is 1.94. The van der Waals surface area contributed by atoms with Crippen molar-refractivity contribution in [2.45, 2.75) is 20.3 Å². The van der Waals surface area contributed by atoms with E-state index in [1.807, 2.05) is 26.0 Å². The molecule has 1 aliphatic rings. The SMILES string of the molecule is CC1(C)COc2cccnc2N(CCCN)C1=O.Cl. The Morgan fingerprint density at radius 2 is 2.26 bits per heavy atom. The van der Waals surface area contributed by atoms with Gasteiger partial charge in [-0.05, 0) is 38.9 Å². The van der Waals surface area contributed by atoms with Gasteiger partial charge in [0.05, 0.1) is 5.41 Å². The zero-order chi connectivity index (χ0) is 13.2. The lowest BCUT2D eigenvalue weighted by molar-refractivity contribution is -0.127. The maximum absolute atomic E-state index is 12.5. The molecular formula is C13H20ClN3O2. The Morgan fingerprint density at radius 1 is 1.53 bits per heavy atom. The fourth-order valence-corrected chi connectivity index (χ4v) is 1.94. The maximum Gasteiger partial charge on any atom is 0.237 e. The second-order valence-corrected chi connectivity index (χ2v) is 5.10. The largest absolute Gasteiger partial charge is 0.489 e. The first-order valence-corrected chi connectivity index (χ1v) is 6.16. The van der Waals surface area contributed by atoms with Crippen molar-refractivity contribution in [1.29, 1.82) is 0 Å². The second kappa shape index (κ2) is 6.21. The molecule has 0 saturated carbocycles. The van der Waals surface area contributed by atoms with E-state index in [1.165, 1.54) is 0 Å². The number of amides is 1. The van der Waals surface area contributed by atoms with Crippen molar-refractivity contribution in [2.24, 2.45) is 11.1 Å². The minimum absolute atomic E-state index is 0. The van der Waals surface area contributed by atoms with Crippen LogP contribution in [0.3, 0.4) is 0 Å². The Labute approximate surface area is 119 Å². The number of hydrogen-bond acceptors (Lipinski definition) is 4. The van der Waals surface area contributed by atoms with E-state index >= 15 is 0 Å². The maximum atomic E-state index is 12.5. The smallest absolute Gasteiger partial charge is 0.237 e. The molecule has 0 aliphatic carbocycles. The molecule has 1 amide bonds. The summed E-state index contributed by atoms with van der Waals surface area (Å²) in [6.45, 7) is 5.26. The van der Waals surface area contributed by atoms with Crippen LogP contribution in [0, 0.1) is 5.41 Å². The predicted molar refractivity (Wildman–Crippen MR) is 76.8 cm³/mol. The van der Waals surface area contributed by atoms with Crippen LogP contribution in [0.1, 0.15) is 20.3 Å². The van der Waals surface area contributed by atoms with Crippen molar-refractivity contribution >= 4 is 24.1 Å². The number of anilines is 1. The molecule has 0 bridgehead atoms. The highest BCUT2D eigenvalue weighted by molar-refractivity contribution is 5.98. The summed E-state index contributed by atoms with van der Waals surface area (Å²) >= 11 is 0. The number of aromatic nitrogens is 1. The van der Waals surface area contributed by atoms with Crippen molar-refractivity contribution in [1.82, 2.24) is 4.98 Å². The first-order chi connectivity index (χ1) is 8.56. The first kappa shape index (κ1) is 15.7. The van der Waals surface area contributed by atoms with Crippen molar-refractivity contribution in [2.75, 3.05) is 24.6 Å². The topological polar surface area (TPSA) is 68.4 Å². The van der Waals surface area contributed by atoms with E-state index in [9.17, 15) is 4.79 Å². The summed E-state index contributed by atoms with van der Waals surface area (Å²) in [5.41, 5.74) is 4.98. The van der Waals surface area contributed by atoms with Crippen LogP contribution in [0.5, 0.6) is 5.75 Å². The molecule has 2 N–H and O–H groups in total.